The highest BCUT2D eigenvalue weighted by Gasteiger charge is 2.11. The van der Waals surface area contributed by atoms with Crippen molar-refractivity contribution >= 4 is 17.4 Å². The first kappa shape index (κ1) is 17.3. The molecule has 8 heteroatoms. The molecule has 1 amide bonds. The van der Waals surface area contributed by atoms with Gasteiger partial charge in [-0.25, -0.2) is 9.97 Å². The second kappa shape index (κ2) is 8.02. The average Bonchev–Trinajstić information content (AvgIpc) is 3.20. The number of hydrogen-bond acceptors (Lipinski definition) is 7. The first-order valence-corrected chi connectivity index (χ1v) is 7.81. The lowest BCUT2D eigenvalue weighted by Gasteiger charge is -2.10. The molecule has 0 aliphatic heterocycles. The Morgan fingerprint density at radius 3 is 2.69 bits per heavy atom. The highest BCUT2D eigenvalue weighted by molar-refractivity contribution is 6.03. The second-order valence-electron chi connectivity index (χ2n) is 5.25. The molecule has 3 rings (SSSR count). The number of rotatable bonds is 7. The van der Waals surface area contributed by atoms with Crippen molar-refractivity contribution in [2.75, 3.05) is 24.9 Å². The van der Waals surface area contributed by atoms with Crippen LogP contribution in [0.15, 0.2) is 53.4 Å². The molecule has 0 aliphatic carbocycles. The number of nitrogens with zero attached hydrogens (tertiary/aromatic N) is 2. The highest BCUT2D eigenvalue weighted by atomic mass is 16.5. The molecule has 26 heavy (non-hydrogen) atoms. The number of carbonyl (C=O) groups excluding carboxylic acids is 1. The van der Waals surface area contributed by atoms with Crippen LogP contribution >= 0.6 is 0 Å². The molecule has 134 valence electrons. The van der Waals surface area contributed by atoms with Crippen molar-refractivity contribution in [1.82, 2.24) is 9.97 Å². The molecule has 2 heterocycles. The van der Waals surface area contributed by atoms with Crippen LogP contribution in [0.5, 0.6) is 11.5 Å². The van der Waals surface area contributed by atoms with Crippen LogP contribution in [-0.2, 0) is 6.54 Å². The lowest BCUT2D eigenvalue weighted by Crippen LogP contribution is -2.14. The Balaban J connectivity index is 1.68. The van der Waals surface area contributed by atoms with Gasteiger partial charge in [0.2, 0.25) is 0 Å². The van der Waals surface area contributed by atoms with E-state index in [-0.39, 0.29) is 11.6 Å². The van der Waals surface area contributed by atoms with E-state index in [0.717, 1.165) is 5.76 Å². The fourth-order valence-electron chi connectivity index (χ4n) is 2.28. The zero-order valence-electron chi connectivity index (χ0n) is 14.4. The molecule has 0 atom stereocenters. The van der Waals surface area contributed by atoms with E-state index in [1.807, 2.05) is 6.07 Å². The van der Waals surface area contributed by atoms with Gasteiger partial charge in [-0.3, -0.25) is 4.79 Å². The summed E-state index contributed by atoms with van der Waals surface area (Å²) in [6.07, 6.45) is 2.92. The zero-order chi connectivity index (χ0) is 18.4. The fourth-order valence-corrected chi connectivity index (χ4v) is 2.28. The van der Waals surface area contributed by atoms with Crippen molar-refractivity contribution in [3.05, 3.63) is 60.4 Å². The molecule has 3 aromatic rings. The number of aromatic nitrogens is 2. The van der Waals surface area contributed by atoms with Crippen LogP contribution in [0.4, 0.5) is 11.5 Å². The molecule has 0 saturated heterocycles. The summed E-state index contributed by atoms with van der Waals surface area (Å²) in [4.78, 5) is 20.5. The van der Waals surface area contributed by atoms with Crippen LogP contribution in [0.2, 0.25) is 0 Å². The SMILES string of the molecule is COc1ccc(NC(=O)c2cc(NCc3ccco3)ncn2)cc1OC. The van der Waals surface area contributed by atoms with Gasteiger partial charge in [0.1, 0.15) is 23.6 Å². The molecule has 0 bridgehead atoms. The van der Waals surface area contributed by atoms with Gasteiger partial charge in [0.15, 0.2) is 11.5 Å². The number of nitrogens with one attached hydrogen (secondary N) is 2. The van der Waals surface area contributed by atoms with Crippen LogP contribution in [0, 0.1) is 0 Å². The summed E-state index contributed by atoms with van der Waals surface area (Å²) in [5.74, 6) is 2.03. The van der Waals surface area contributed by atoms with E-state index in [9.17, 15) is 4.79 Å². The molecular formula is C18H18N4O4. The van der Waals surface area contributed by atoms with Gasteiger partial charge in [0.05, 0.1) is 27.0 Å². The zero-order valence-corrected chi connectivity index (χ0v) is 14.4. The van der Waals surface area contributed by atoms with Crippen molar-refractivity contribution < 1.29 is 18.7 Å². The Morgan fingerprint density at radius 2 is 1.96 bits per heavy atom. The normalized spacial score (nSPS) is 10.2. The number of carbonyl (C=O) groups is 1. The number of furan rings is 1. The van der Waals surface area contributed by atoms with Gasteiger partial charge in [-0.05, 0) is 24.3 Å². The standard InChI is InChI=1S/C18H18N4O4/c1-24-15-6-5-12(8-16(15)25-2)22-18(23)14-9-17(21-11-20-14)19-10-13-4-3-7-26-13/h3-9,11H,10H2,1-2H3,(H,22,23)(H,19,20,21). The van der Waals surface area contributed by atoms with Crippen LogP contribution in [0.3, 0.4) is 0 Å². The molecule has 0 spiro atoms. The Bertz CT molecular complexity index is 881. The summed E-state index contributed by atoms with van der Waals surface area (Å²) in [6.45, 7) is 0.459. The van der Waals surface area contributed by atoms with E-state index >= 15 is 0 Å². The lowest BCUT2D eigenvalue weighted by molar-refractivity contribution is 0.102. The van der Waals surface area contributed by atoms with E-state index < -0.39 is 0 Å². The van der Waals surface area contributed by atoms with E-state index in [1.165, 1.54) is 13.4 Å². The van der Waals surface area contributed by atoms with Crippen LogP contribution in [-0.4, -0.2) is 30.1 Å². The van der Waals surface area contributed by atoms with E-state index in [4.69, 9.17) is 13.9 Å². The third-order valence-corrected chi connectivity index (χ3v) is 3.56. The number of hydrogen-bond donors (Lipinski definition) is 2. The Hall–Kier alpha value is -3.55. The minimum absolute atomic E-state index is 0.233. The lowest BCUT2D eigenvalue weighted by atomic mass is 10.2. The predicted octanol–water partition coefficient (Wildman–Crippen LogP) is 2.95. The topological polar surface area (TPSA) is 98.5 Å². The van der Waals surface area contributed by atoms with E-state index in [1.54, 1.807) is 43.7 Å². The Labute approximate surface area is 150 Å². The third-order valence-electron chi connectivity index (χ3n) is 3.56. The fraction of sp³-hybridized carbons (Fsp3) is 0.167. The number of anilines is 2. The van der Waals surface area contributed by atoms with Gasteiger partial charge in [0, 0.05) is 17.8 Å². The molecule has 2 N–H and O–H groups in total. The maximum absolute atomic E-state index is 12.4. The summed E-state index contributed by atoms with van der Waals surface area (Å²) in [7, 11) is 3.08. The largest absolute Gasteiger partial charge is 0.493 e. The number of ether oxygens (including phenoxy) is 2. The van der Waals surface area contributed by atoms with Crippen molar-refractivity contribution in [3.8, 4) is 11.5 Å². The molecule has 0 unspecified atom stereocenters. The first-order valence-electron chi connectivity index (χ1n) is 7.81. The van der Waals surface area contributed by atoms with Gasteiger partial charge in [-0.2, -0.15) is 0 Å². The van der Waals surface area contributed by atoms with Crippen molar-refractivity contribution in [2.24, 2.45) is 0 Å². The van der Waals surface area contributed by atoms with Crippen molar-refractivity contribution in [3.63, 3.8) is 0 Å². The molecular weight excluding hydrogens is 336 g/mol. The first-order chi connectivity index (χ1) is 12.7. The summed E-state index contributed by atoms with van der Waals surface area (Å²) in [5.41, 5.74) is 0.799. The maximum atomic E-state index is 12.4. The molecule has 1 aromatic carbocycles. The molecule has 0 radical (unpaired) electrons. The summed E-state index contributed by atoms with van der Waals surface area (Å²) in [6, 6.07) is 10.3. The molecule has 2 aromatic heterocycles. The third kappa shape index (κ3) is 4.10. The van der Waals surface area contributed by atoms with Gasteiger partial charge >= 0.3 is 0 Å². The summed E-state index contributed by atoms with van der Waals surface area (Å²) in [5, 5.41) is 5.85. The van der Waals surface area contributed by atoms with Gasteiger partial charge < -0.3 is 24.5 Å². The smallest absolute Gasteiger partial charge is 0.274 e. The Morgan fingerprint density at radius 1 is 1.12 bits per heavy atom. The van der Waals surface area contributed by atoms with Crippen molar-refractivity contribution in [2.45, 2.75) is 6.54 Å². The average molecular weight is 354 g/mol. The van der Waals surface area contributed by atoms with Gasteiger partial charge in [-0.15, -0.1) is 0 Å². The maximum Gasteiger partial charge on any atom is 0.274 e. The summed E-state index contributed by atoms with van der Waals surface area (Å²) < 4.78 is 15.7. The highest BCUT2D eigenvalue weighted by Crippen LogP contribution is 2.29. The molecule has 0 saturated carbocycles. The van der Waals surface area contributed by atoms with Gasteiger partial charge in [0.25, 0.3) is 5.91 Å². The Kier molecular flexibility index (Phi) is 5.33. The van der Waals surface area contributed by atoms with Crippen LogP contribution < -0.4 is 20.1 Å². The van der Waals surface area contributed by atoms with E-state index in [0.29, 0.717) is 29.5 Å². The monoisotopic (exact) mass is 354 g/mol. The molecule has 8 nitrogen and oxygen atoms in total. The molecule has 0 fully saturated rings. The minimum atomic E-state index is -0.360. The number of methoxy groups -OCH3 is 2. The van der Waals surface area contributed by atoms with Crippen LogP contribution in [0.1, 0.15) is 16.2 Å². The molecule has 0 aliphatic rings. The van der Waals surface area contributed by atoms with Gasteiger partial charge in [-0.1, -0.05) is 0 Å². The quantitative estimate of drug-likeness (QED) is 0.673. The van der Waals surface area contributed by atoms with Crippen LogP contribution in [0.25, 0.3) is 0 Å². The van der Waals surface area contributed by atoms with Crippen molar-refractivity contribution in [1.29, 1.82) is 0 Å². The minimum Gasteiger partial charge on any atom is -0.493 e. The second-order valence-corrected chi connectivity index (χ2v) is 5.25. The number of amides is 1. The summed E-state index contributed by atoms with van der Waals surface area (Å²) >= 11 is 0. The van der Waals surface area contributed by atoms with E-state index in [2.05, 4.69) is 20.6 Å². The number of benzene rings is 1. The predicted molar refractivity (Wildman–Crippen MR) is 95.6 cm³/mol.